The molecule has 0 spiro atoms. The number of aryl methyl sites for hydroxylation is 1. The molecule has 0 radical (unpaired) electrons. The van der Waals surface area contributed by atoms with Crippen LogP contribution in [0.1, 0.15) is 46.4 Å². The van der Waals surface area contributed by atoms with E-state index in [-0.39, 0.29) is 28.3 Å². The Morgan fingerprint density at radius 1 is 1.31 bits per heavy atom. The number of halogens is 4. The highest BCUT2D eigenvalue weighted by atomic mass is 79.9. The van der Waals surface area contributed by atoms with Gasteiger partial charge in [-0.05, 0) is 40.9 Å². The van der Waals surface area contributed by atoms with Gasteiger partial charge in [0.15, 0.2) is 11.4 Å². The second kappa shape index (κ2) is 8.45. The number of aromatic nitrogens is 4. The van der Waals surface area contributed by atoms with Crippen molar-refractivity contribution in [2.24, 2.45) is 7.05 Å². The number of furan rings is 1. The number of hydrogen-bond acceptors (Lipinski definition) is 5. The van der Waals surface area contributed by atoms with Gasteiger partial charge in [-0.25, -0.2) is 0 Å². The zero-order chi connectivity index (χ0) is 23.0. The highest BCUT2D eigenvalue weighted by molar-refractivity contribution is 9.10. The van der Waals surface area contributed by atoms with E-state index in [2.05, 4.69) is 36.8 Å². The van der Waals surface area contributed by atoms with Crippen molar-refractivity contribution in [1.82, 2.24) is 24.9 Å². The van der Waals surface area contributed by atoms with E-state index in [1.807, 2.05) is 0 Å². The molecule has 13 heteroatoms. The van der Waals surface area contributed by atoms with E-state index >= 15 is 0 Å². The summed E-state index contributed by atoms with van der Waals surface area (Å²) in [6.07, 6.45) is -0.284. The first-order valence-electron chi connectivity index (χ1n) is 9.61. The molecule has 0 aliphatic heterocycles. The fraction of sp³-hybridized carbons (Fsp3) is 0.368. The van der Waals surface area contributed by atoms with E-state index in [1.54, 1.807) is 19.2 Å². The van der Waals surface area contributed by atoms with Gasteiger partial charge in [0.1, 0.15) is 12.3 Å². The Labute approximate surface area is 188 Å². The normalized spacial score (nSPS) is 13.9. The topological polar surface area (TPSA) is 107 Å². The lowest BCUT2D eigenvalue weighted by atomic mass is 10.2. The number of rotatable bonds is 7. The molecule has 32 heavy (non-hydrogen) atoms. The lowest BCUT2D eigenvalue weighted by molar-refractivity contribution is -0.142. The zero-order valence-electron chi connectivity index (χ0n) is 16.7. The average molecular weight is 515 g/mol. The van der Waals surface area contributed by atoms with Crippen LogP contribution in [0.4, 0.5) is 18.9 Å². The molecule has 4 rings (SSSR count). The fourth-order valence-electron chi connectivity index (χ4n) is 3.24. The van der Waals surface area contributed by atoms with Crippen molar-refractivity contribution < 1.29 is 27.2 Å². The SMILES string of the molecule is Cn1cc(NC(=O)Cn2nc(C(F)(F)F)c(Br)c2C2CC2)c(C(=O)NCc2ccco2)n1. The van der Waals surface area contributed by atoms with Crippen LogP contribution in [0.15, 0.2) is 33.5 Å². The maximum Gasteiger partial charge on any atom is 0.436 e. The van der Waals surface area contributed by atoms with E-state index in [1.165, 1.54) is 17.1 Å². The molecular weight excluding hydrogens is 497 g/mol. The first-order chi connectivity index (χ1) is 15.1. The largest absolute Gasteiger partial charge is 0.467 e. The molecule has 1 saturated carbocycles. The lowest BCUT2D eigenvalue weighted by Crippen LogP contribution is -2.26. The molecule has 3 heterocycles. The highest BCUT2D eigenvalue weighted by Gasteiger charge is 2.42. The Kier molecular flexibility index (Phi) is 5.84. The van der Waals surface area contributed by atoms with Gasteiger partial charge in [-0.1, -0.05) is 0 Å². The van der Waals surface area contributed by atoms with Gasteiger partial charge in [0.05, 0.1) is 28.7 Å². The maximum atomic E-state index is 13.3. The van der Waals surface area contributed by atoms with Crippen molar-refractivity contribution in [2.75, 3.05) is 5.32 Å². The Balaban J connectivity index is 1.49. The molecule has 0 atom stereocenters. The third-order valence-electron chi connectivity index (χ3n) is 4.78. The van der Waals surface area contributed by atoms with Crippen LogP contribution >= 0.6 is 15.9 Å². The molecule has 1 aliphatic carbocycles. The standard InChI is InChI=1S/C19H18BrF3N6O3/c1-28-8-12(15(26-28)18(31)24-7-11-3-2-6-32-11)25-13(30)9-29-16(10-4-5-10)14(20)17(27-29)19(21,22)23/h2-3,6,8,10H,4-5,7,9H2,1H3,(H,24,31)(H,25,30). The molecule has 1 aliphatic rings. The van der Waals surface area contributed by atoms with Crippen molar-refractivity contribution in [1.29, 1.82) is 0 Å². The Hall–Kier alpha value is -3.09. The van der Waals surface area contributed by atoms with Gasteiger partial charge < -0.3 is 15.1 Å². The van der Waals surface area contributed by atoms with E-state index in [0.717, 1.165) is 17.5 Å². The first kappa shape index (κ1) is 22.1. The molecular formula is C19H18BrF3N6O3. The molecule has 0 saturated heterocycles. The minimum Gasteiger partial charge on any atom is -0.467 e. The van der Waals surface area contributed by atoms with Crippen molar-refractivity contribution in [3.05, 3.63) is 51.9 Å². The minimum absolute atomic E-state index is 0.0348. The molecule has 3 aromatic heterocycles. The van der Waals surface area contributed by atoms with Gasteiger partial charge in [-0.3, -0.25) is 19.0 Å². The van der Waals surface area contributed by atoms with Gasteiger partial charge in [0.2, 0.25) is 5.91 Å². The van der Waals surface area contributed by atoms with Crippen LogP contribution in [0.3, 0.4) is 0 Å². The lowest BCUT2D eigenvalue weighted by Gasteiger charge is -2.08. The Morgan fingerprint density at radius 2 is 2.06 bits per heavy atom. The van der Waals surface area contributed by atoms with Crippen LogP contribution in [0.5, 0.6) is 0 Å². The summed E-state index contributed by atoms with van der Waals surface area (Å²) in [6, 6.07) is 3.37. The van der Waals surface area contributed by atoms with Crippen molar-refractivity contribution in [3.63, 3.8) is 0 Å². The number of nitrogens with one attached hydrogen (secondary N) is 2. The molecule has 2 N–H and O–H groups in total. The van der Waals surface area contributed by atoms with Gasteiger partial charge in [-0.15, -0.1) is 0 Å². The summed E-state index contributed by atoms with van der Waals surface area (Å²) in [5.74, 6) is -0.722. The van der Waals surface area contributed by atoms with Gasteiger partial charge in [-0.2, -0.15) is 23.4 Å². The summed E-state index contributed by atoms with van der Waals surface area (Å²) in [7, 11) is 1.57. The zero-order valence-corrected chi connectivity index (χ0v) is 18.3. The van der Waals surface area contributed by atoms with Crippen LogP contribution in [0, 0.1) is 0 Å². The molecule has 0 unspecified atom stereocenters. The van der Waals surface area contributed by atoms with E-state index in [4.69, 9.17) is 4.42 Å². The Bertz CT molecular complexity index is 1150. The van der Waals surface area contributed by atoms with E-state index < -0.39 is 30.2 Å². The van der Waals surface area contributed by atoms with Crippen LogP contribution in [-0.4, -0.2) is 31.4 Å². The predicted octanol–water partition coefficient (Wildman–Crippen LogP) is 3.44. The summed E-state index contributed by atoms with van der Waals surface area (Å²) in [5, 5.41) is 12.8. The summed E-state index contributed by atoms with van der Waals surface area (Å²) in [4.78, 5) is 25.1. The summed E-state index contributed by atoms with van der Waals surface area (Å²) >= 11 is 2.99. The second-order valence-corrected chi connectivity index (χ2v) is 8.15. The minimum atomic E-state index is -4.65. The molecule has 170 valence electrons. The van der Waals surface area contributed by atoms with Crippen LogP contribution in [0.2, 0.25) is 0 Å². The third-order valence-corrected chi connectivity index (χ3v) is 5.56. The summed E-state index contributed by atoms with van der Waals surface area (Å²) < 4.78 is 47.2. The number of anilines is 1. The molecule has 2 amide bonds. The molecule has 0 bridgehead atoms. The molecule has 9 nitrogen and oxygen atoms in total. The van der Waals surface area contributed by atoms with Gasteiger partial charge in [0, 0.05) is 19.2 Å². The van der Waals surface area contributed by atoms with E-state index in [9.17, 15) is 22.8 Å². The van der Waals surface area contributed by atoms with Gasteiger partial charge in [0.25, 0.3) is 5.91 Å². The third kappa shape index (κ3) is 4.71. The molecule has 3 aromatic rings. The Morgan fingerprint density at radius 3 is 2.69 bits per heavy atom. The maximum absolute atomic E-state index is 13.3. The second-order valence-electron chi connectivity index (χ2n) is 7.35. The molecule has 1 fully saturated rings. The number of nitrogens with zero attached hydrogens (tertiary/aromatic N) is 4. The fourth-order valence-corrected chi connectivity index (χ4v) is 4.07. The van der Waals surface area contributed by atoms with Crippen LogP contribution in [0.25, 0.3) is 0 Å². The van der Waals surface area contributed by atoms with Crippen molar-refractivity contribution >= 4 is 33.4 Å². The number of amides is 2. The number of alkyl halides is 3. The number of carbonyl (C=O) groups is 2. The smallest absolute Gasteiger partial charge is 0.436 e. The highest BCUT2D eigenvalue weighted by Crippen LogP contribution is 2.46. The summed E-state index contributed by atoms with van der Waals surface area (Å²) in [6.45, 7) is -0.315. The predicted molar refractivity (Wildman–Crippen MR) is 109 cm³/mol. The van der Waals surface area contributed by atoms with E-state index in [0.29, 0.717) is 11.5 Å². The van der Waals surface area contributed by atoms with Crippen molar-refractivity contribution in [3.8, 4) is 0 Å². The average Bonchev–Trinajstić information content (AvgIpc) is 3.11. The summed E-state index contributed by atoms with van der Waals surface area (Å²) in [5.41, 5.74) is -0.626. The monoisotopic (exact) mass is 514 g/mol. The number of carbonyl (C=O) groups excluding carboxylic acids is 2. The first-order valence-corrected chi connectivity index (χ1v) is 10.4. The quantitative estimate of drug-likeness (QED) is 0.502. The van der Waals surface area contributed by atoms with Crippen LogP contribution < -0.4 is 10.6 Å². The van der Waals surface area contributed by atoms with Crippen LogP contribution in [-0.2, 0) is 31.1 Å². The number of hydrogen-bond donors (Lipinski definition) is 2. The van der Waals surface area contributed by atoms with Crippen molar-refractivity contribution in [2.45, 2.75) is 38.0 Å². The molecule has 0 aromatic carbocycles. The van der Waals surface area contributed by atoms with Gasteiger partial charge >= 0.3 is 6.18 Å².